The van der Waals surface area contributed by atoms with Crippen LogP contribution in [-0.2, 0) is 13.5 Å². The van der Waals surface area contributed by atoms with Crippen LogP contribution in [0.4, 0.5) is 0 Å². The lowest BCUT2D eigenvalue weighted by atomic mass is 9.65. The molecule has 0 spiro atoms. The van der Waals surface area contributed by atoms with E-state index in [0.717, 1.165) is 0 Å². The van der Waals surface area contributed by atoms with Crippen molar-refractivity contribution in [1.82, 2.24) is 15.1 Å². The summed E-state index contributed by atoms with van der Waals surface area (Å²) in [6, 6.07) is 0.603. The van der Waals surface area contributed by atoms with Crippen LogP contribution in [0.1, 0.15) is 45.1 Å². The minimum absolute atomic E-state index is 0.570. The van der Waals surface area contributed by atoms with Gasteiger partial charge >= 0.3 is 0 Å². The van der Waals surface area contributed by atoms with Crippen molar-refractivity contribution < 1.29 is 0 Å². The van der Waals surface area contributed by atoms with Gasteiger partial charge in [0.1, 0.15) is 0 Å². The van der Waals surface area contributed by atoms with Gasteiger partial charge in [0.05, 0.1) is 6.20 Å². The molecule has 3 heteroatoms. The molecule has 0 saturated heterocycles. The molecular weight excluding hydrogens is 210 g/mol. The fourth-order valence-corrected chi connectivity index (χ4v) is 2.62. The molecule has 1 saturated carbocycles. The summed E-state index contributed by atoms with van der Waals surface area (Å²) in [4.78, 5) is 0. The van der Waals surface area contributed by atoms with Gasteiger partial charge in [0.25, 0.3) is 0 Å². The average Bonchev–Trinajstić information content (AvgIpc) is 2.62. The topological polar surface area (TPSA) is 29.9 Å². The highest BCUT2D eigenvalue weighted by Gasteiger charge is 2.36. The number of nitrogens with one attached hydrogen (secondary N) is 1. The maximum atomic E-state index is 4.24. The average molecular weight is 235 g/mol. The Labute approximate surface area is 105 Å². The molecule has 1 aromatic rings. The molecule has 0 amide bonds. The molecular formula is C14H25N3. The van der Waals surface area contributed by atoms with E-state index in [1.54, 1.807) is 0 Å². The normalized spacial score (nSPS) is 18.4. The van der Waals surface area contributed by atoms with Gasteiger partial charge < -0.3 is 5.32 Å². The Balaban J connectivity index is 1.82. The van der Waals surface area contributed by atoms with Crippen molar-refractivity contribution in [2.24, 2.45) is 12.5 Å². The molecule has 1 aromatic heterocycles. The predicted octanol–water partition coefficient (Wildman–Crippen LogP) is 2.52. The van der Waals surface area contributed by atoms with Crippen LogP contribution in [0.5, 0.6) is 0 Å². The first kappa shape index (κ1) is 12.6. The lowest BCUT2D eigenvalue weighted by molar-refractivity contribution is 0.114. The molecule has 1 fully saturated rings. The van der Waals surface area contributed by atoms with Crippen LogP contribution in [0.25, 0.3) is 0 Å². The smallest absolute Gasteiger partial charge is 0.0521 e. The van der Waals surface area contributed by atoms with Crippen LogP contribution in [-0.4, -0.2) is 22.4 Å². The van der Waals surface area contributed by atoms with Gasteiger partial charge in [-0.05, 0) is 36.7 Å². The van der Waals surface area contributed by atoms with E-state index in [4.69, 9.17) is 0 Å². The second kappa shape index (κ2) is 5.21. The second-order valence-electron chi connectivity index (χ2n) is 5.91. The van der Waals surface area contributed by atoms with Crippen molar-refractivity contribution in [2.75, 3.05) is 6.54 Å². The Bertz CT molecular complexity index is 350. The SMILES string of the molecule is CC(C)NCC1(CCc2cnn(C)c2)CCC1. The lowest BCUT2D eigenvalue weighted by Gasteiger charge is -2.43. The van der Waals surface area contributed by atoms with Crippen LogP contribution >= 0.6 is 0 Å². The Hall–Kier alpha value is -0.830. The van der Waals surface area contributed by atoms with Crippen molar-refractivity contribution in [3.05, 3.63) is 18.0 Å². The number of hydrogen-bond acceptors (Lipinski definition) is 2. The Morgan fingerprint density at radius 1 is 1.47 bits per heavy atom. The van der Waals surface area contributed by atoms with Gasteiger partial charge in [-0.25, -0.2) is 0 Å². The lowest BCUT2D eigenvalue weighted by Crippen LogP contribution is -2.42. The third-order valence-electron chi connectivity index (χ3n) is 4.00. The molecule has 1 aliphatic carbocycles. The third kappa shape index (κ3) is 3.32. The predicted molar refractivity (Wildman–Crippen MR) is 71.0 cm³/mol. The molecule has 17 heavy (non-hydrogen) atoms. The van der Waals surface area contributed by atoms with E-state index in [9.17, 15) is 0 Å². The molecule has 1 N–H and O–H groups in total. The molecule has 1 aliphatic rings. The molecule has 96 valence electrons. The van der Waals surface area contributed by atoms with Gasteiger partial charge in [-0.2, -0.15) is 5.10 Å². The van der Waals surface area contributed by atoms with Crippen molar-refractivity contribution >= 4 is 0 Å². The fourth-order valence-electron chi connectivity index (χ4n) is 2.62. The number of aryl methyl sites for hydroxylation is 2. The molecule has 0 radical (unpaired) electrons. The van der Waals surface area contributed by atoms with E-state index in [1.807, 2.05) is 17.9 Å². The van der Waals surface area contributed by atoms with Gasteiger partial charge in [-0.15, -0.1) is 0 Å². The van der Waals surface area contributed by atoms with Crippen LogP contribution in [0.15, 0.2) is 12.4 Å². The quantitative estimate of drug-likeness (QED) is 0.821. The molecule has 0 bridgehead atoms. The van der Waals surface area contributed by atoms with Crippen LogP contribution in [0.2, 0.25) is 0 Å². The summed E-state index contributed by atoms with van der Waals surface area (Å²) in [5.41, 5.74) is 1.95. The van der Waals surface area contributed by atoms with Gasteiger partial charge in [-0.3, -0.25) is 4.68 Å². The fraction of sp³-hybridized carbons (Fsp3) is 0.786. The van der Waals surface area contributed by atoms with Gasteiger partial charge in [0.2, 0.25) is 0 Å². The van der Waals surface area contributed by atoms with Gasteiger partial charge in [-0.1, -0.05) is 20.3 Å². The van der Waals surface area contributed by atoms with Crippen LogP contribution in [0, 0.1) is 5.41 Å². The maximum absolute atomic E-state index is 4.24. The molecule has 0 aromatic carbocycles. The first-order valence-electron chi connectivity index (χ1n) is 6.81. The highest BCUT2D eigenvalue weighted by Crippen LogP contribution is 2.44. The van der Waals surface area contributed by atoms with Crippen molar-refractivity contribution in [3.8, 4) is 0 Å². The first-order valence-corrected chi connectivity index (χ1v) is 6.81. The van der Waals surface area contributed by atoms with Crippen molar-refractivity contribution in [2.45, 2.75) is 52.0 Å². The maximum Gasteiger partial charge on any atom is 0.0521 e. The summed E-state index contributed by atoms with van der Waals surface area (Å²) in [7, 11) is 1.99. The number of hydrogen-bond donors (Lipinski definition) is 1. The van der Waals surface area contributed by atoms with Crippen molar-refractivity contribution in [3.63, 3.8) is 0 Å². The molecule has 1 heterocycles. The third-order valence-corrected chi connectivity index (χ3v) is 4.00. The van der Waals surface area contributed by atoms with Gasteiger partial charge in [0.15, 0.2) is 0 Å². The minimum atomic E-state index is 0.570. The van der Waals surface area contributed by atoms with Gasteiger partial charge in [0, 0.05) is 25.8 Å². The molecule has 3 nitrogen and oxygen atoms in total. The van der Waals surface area contributed by atoms with E-state index in [2.05, 4.69) is 30.5 Å². The second-order valence-corrected chi connectivity index (χ2v) is 5.91. The first-order chi connectivity index (χ1) is 8.10. The van der Waals surface area contributed by atoms with E-state index in [0.29, 0.717) is 11.5 Å². The minimum Gasteiger partial charge on any atom is -0.314 e. The summed E-state index contributed by atoms with van der Waals surface area (Å²) in [6.45, 7) is 5.64. The zero-order valence-corrected chi connectivity index (χ0v) is 11.4. The zero-order chi connectivity index (χ0) is 12.3. The largest absolute Gasteiger partial charge is 0.314 e. The summed E-state index contributed by atoms with van der Waals surface area (Å²) in [6.07, 6.45) is 10.8. The summed E-state index contributed by atoms with van der Waals surface area (Å²) < 4.78 is 1.90. The zero-order valence-electron chi connectivity index (χ0n) is 11.4. The molecule has 2 rings (SSSR count). The summed E-state index contributed by atoms with van der Waals surface area (Å²) in [5, 5.41) is 7.85. The number of rotatable bonds is 6. The van der Waals surface area contributed by atoms with E-state index < -0.39 is 0 Å². The highest BCUT2D eigenvalue weighted by molar-refractivity contribution is 5.05. The Morgan fingerprint density at radius 2 is 2.24 bits per heavy atom. The highest BCUT2D eigenvalue weighted by atomic mass is 15.2. The standard InChI is InChI=1S/C14H25N3/c1-12(2)15-11-14(6-4-7-14)8-5-13-9-16-17(3)10-13/h9-10,12,15H,4-8,11H2,1-3H3. The summed E-state index contributed by atoms with van der Waals surface area (Å²) in [5.74, 6) is 0. The van der Waals surface area contributed by atoms with Crippen molar-refractivity contribution in [1.29, 1.82) is 0 Å². The molecule has 0 unspecified atom stereocenters. The summed E-state index contributed by atoms with van der Waals surface area (Å²) >= 11 is 0. The number of aromatic nitrogens is 2. The van der Waals surface area contributed by atoms with Crippen LogP contribution in [0.3, 0.4) is 0 Å². The molecule has 0 aliphatic heterocycles. The van der Waals surface area contributed by atoms with E-state index in [-0.39, 0.29) is 0 Å². The van der Waals surface area contributed by atoms with Crippen LogP contribution < -0.4 is 5.32 Å². The molecule has 0 atom stereocenters. The monoisotopic (exact) mass is 235 g/mol. The van der Waals surface area contributed by atoms with E-state index >= 15 is 0 Å². The van der Waals surface area contributed by atoms with E-state index in [1.165, 1.54) is 44.2 Å². The Morgan fingerprint density at radius 3 is 2.71 bits per heavy atom. The Kier molecular flexibility index (Phi) is 3.87. The number of nitrogens with zero attached hydrogens (tertiary/aromatic N) is 2.